The Kier molecular flexibility index (Phi) is 6.56. The maximum absolute atomic E-state index is 12.8. The molecule has 0 aliphatic carbocycles. The molecule has 3 heterocycles. The van der Waals surface area contributed by atoms with Crippen LogP contribution in [-0.2, 0) is 11.2 Å². The number of rotatable bonds is 5. The fraction of sp³-hybridized carbons (Fsp3) is 0.500. The van der Waals surface area contributed by atoms with Crippen LogP contribution in [0, 0.1) is 13.8 Å². The van der Waals surface area contributed by atoms with Crippen molar-refractivity contribution in [2.45, 2.75) is 58.9 Å². The molecule has 0 aromatic carbocycles. The normalized spacial score (nSPS) is 16.7. The fourth-order valence-electron chi connectivity index (χ4n) is 3.78. The summed E-state index contributed by atoms with van der Waals surface area (Å²) in [4.78, 5) is 40.3. The molecule has 154 valence electrons. The van der Waals surface area contributed by atoms with Gasteiger partial charge in [0.25, 0.3) is 5.91 Å². The quantitative estimate of drug-likeness (QED) is 0.841. The molecular weight excluding hydrogens is 366 g/mol. The lowest BCUT2D eigenvalue weighted by molar-refractivity contribution is -0.120. The number of hydrogen-bond donors (Lipinski definition) is 1. The first kappa shape index (κ1) is 20.9. The zero-order valence-corrected chi connectivity index (χ0v) is 17.6. The third-order valence-electron chi connectivity index (χ3n) is 5.21. The van der Waals surface area contributed by atoms with Gasteiger partial charge in [0.1, 0.15) is 5.82 Å². The Hall–Kier alpha value is -2.83. The van der Waals surface area contributed by atoms with Gasteiger partial charge >= 0.3 is 0 Å². The summed E-state index contributed by atoms with van der Waals surface area (Å²) in [5.41, 5.74) is 3.16. The highest BCUT2D eigenvalue weighted by atomic mass is 16.2. The largest absolute Gasteiger partial charge is 0.354 e. The average molecular weight is 396 g/mol. The predicted molar refractivity (Wildman–Crippen MR) is 111 cm³/mol. The third kappa shape index (κ3) is 5.16. The van der Waals surface area contributed by atoms with Crippen LogP contribution in [0.15, 0.2) is 24.5 Å². The van der Waals surface area contributed by atoms with E-state index in [0.29, 0.717) is 12.1 Å². The summed E-state index contributed by atoms with van der Waals surface area (Å²) in [6.07, 6.45) is 5.41. The van der Waals surface area contributed by atoms with Crippen LogP contribution in [0.5, 0.6) is 0 Å². The summed E-state index contributed by atoms with van der Waals surface area (Å²) in [5, 5.41) is 2.91. The van der Waals surface area contributed by atoms with Crippen LogP contribution < -0.4 is 5.32 Å². The van der Waals surface area contributed by atoms with Gasteiger partial charge in [-0.1, -0.05) is 0 Å². The molecule has 2 aromatic rings. The van der Waals surface area contributed by atoms with Crippen molar-refractivity contribution in [2.24, 2.45) is 0 Å². The molecule has 1 fully saturated rings. The minimum atomic E-state index is -0.0199. The maximum Gasteiger partial charge on any atom is 0.255 e. The number of hydrogen-bond acceptors (Lipinski definition) is 5. The van der Waals surface area contributed by atoms with E-state index in [4.69, 9.17) is 9.97 Å². The number of nitrogens with zero attached hydrogens (tertiary/aromatic N) is 4. The molecule has 1 N–H and O–H groups in total. The standard InChI is InChI=1S/C22H29N5O2/c1-14(2)24-20(28)11-19-15(3)25-21(26-16(19)4)18-8-6-10-27(13-18)22(29)17-7-5-9-23-12-17/h5,7,9,12,14,18H,6,8,10-11,13H2,1-4H3,(H,24,28)/t18-/m1/s1. The van der Waals surface area contributed by atoms with E-state index in [9.17, 15) is 9.59 Å². The number of amides is 2. The van der Waals surface area contributed by atoms with E-state index in [1.54, 1.807) is 24.5 Å². The Morgan fingerprint density at radius 3 is 2.59 bits per heavy atom. The molecule has 1 aliphatic rings. The van der Waals surface area contributed by atoms with E-state index in [2.05, 4.69) is 10.3 Å². The highest BCUT2D eigenvalue weighted by Crippen LogP contribution is 2.27. The molecular formula is C22H29N5O2. The number of aryl methyl sites for hydroxylation is 2. The van der Waals surface area contributed by atoms with Crippen LogP contribution in [0.3, 0.4) is 0 Å². The van der Waals surface area contributed by atoms with Crippen molar-refractivity contribution < 1.29 is 9.59 Å². The smallest absolute Gasteiger partial charge is 0.255 e. The summed E-state index contributed by atoms with van der Waals surface area (Å²) >= 11 is 0. The lowest BCUT2D eigenvalue weighted by Gasteiger charge is -2.32. The number of pyridine rings is 1. The van der Waals surface area contributed by atoms with Crippen LogP contribution in [0.4, 0.5) is 0 Å². The Bertz CT molecular complexity index is 859. The predicted octanol–water partition coefficient (Wildman–Crippen LogP) is 2.58. The van der Waals surface area contributed by atoms with E-state index in [1.807, 2.05) is 32.6 Å². The monoisotopic (exact) mass is 395 g/mol. The minimum Gasteiger partial charge on any atom is -0.354 e. The second-order valence-electron chi connectivity index (χ2n) is 7.96. The van der Waals surface area contributed by atoms with Crippen LogP contribution in [-0.4, -0.2) is 50.8 Å². The molecule has 1 atom stereocenters. The van der Waals surface area contributed by atoms with Crippen molar-refractivity contribution in [3.05, 3.63) is 52.9 Å². The van der Waals surface area contributed by atoms with Crippen molar-refractivity contribution in [1.82, 2.24) is 25.2 Å². The summed E-state index contributed by atoms with van der Waals surface area (Å²) in [6, 6.07) is 3.67. The summed E-state index contributed by atoms with van der Waals surface area (Å²) in [6.45, 7) is 9.07. The Labute approximate surface area is 172 Å². The van der Waals surface area contributed by atoms with E-state index < -0.39 is 0 Å². The lowest BCUT2D eigenvalue weighted by Crippen LogP contribution is -2.39. The molecule has 1 saturated heterocycles. The van der Waals surface area contributed by atoms with Gasteiger partial charge in [-0.3, -0.25) is 14.6 Å². The number of aromatic nitrogens is 3. The molecule has 0 saturated carbocycles. The van der Waals surface area contributed by atoms with Crippen molar-refractivity contribution in [2.75, 3.05) is 13.1 Å². The second kappa shape index (κ2) is 9.11. The van der Waals surface area contributed by atoms with Gasteiger partial charge in [-0.25, -0.2) is 9.97 Å². The maximum atomic E-state index is 12.8. The van der Waals surface area contributed by atoms with Gasteiger partial charge in [0.15, 0.2) is 0 Å². The first-order valence-corrected chi connectivity index (χ1v) is 10.2. The molecule has 1 aliphatic heterocycles. The van der Waals surface area contributed by atoms with Gasteiger partial charge in [0, 0.05) is 54.4 Å². The number of likely N-dealkylation sites (tertiary alicyclic amines) is 1. The Balaban J connectivity index is 1.74. The average Bonchev–Trinajstić information content (AvgIpc) is 2.70. The van der Waals surface area contributed by atoms with Crippen molar-refractivity contribution in [3.8, 4) is 0 Å². The van der Waals surface area contributed by atoms with Crippen LogP contribution >= 0.6 is 0 Å². The number of carbonyl (C=O) groups excluding carboxylic acids is 2. The molecule has 29 heavy (non-hydrogen) atoms. The van der Waals surface area contributed by atoms with Crippen LogP contribution in [0.2, 0.25) is 0 Å². The lowest BCUT2D eigenvalue weighted by atomic mass is 9.95. The summed E-state index contributed by atoms with van der Waals surface area (Å²) < 4.78 is 0. The Morgan fingerprint density at radius 1 is 1.24 bits per heavy atom. The van der Waals surface area contributed by atoms with Crippen molar-refractivity contribution >= 4 is 11.8 Å². The SMILES string of the molecule is Cc1nc([C@@H]2CCCN(C(=O)c3cccnc3)C2)nc(C)c1CC(=O)NC(C)C. The molecule has 0 spiro atoms. The molecule has 3 rings (SSSR count). The molecule has 2 aromatic heterocycles. The van der Waals surface area contributed by atoms with Gasteiger partial charge in [-0.15, -0.1) is 0 Å². The first-order chi connectivity index (χ1) is 13.8. The van der Waals surface area contributed by atoms with Crippen molar-refractivity contribution in [3.63, 3.8) is 0 Å². The second-order valence-corrected chi connectivity index (χ2v) is 7.96. The molecule has 0 bridgehead atoms. The van der Waals surface area contributed by atoms with E-state index in [1.165, 1.54) is 0 Å². The van der Waals surface area contributed by atoms with E-state index >= 15 is 0 Å². The molecule has 7 heteroatoms. The van der Waals surface area contributed by atoms with Crippen molar-refractivity contribution in [1.29, 1.82) is 0 Å². The number of carbonyl (C=O) groups is 2. The Morgan fingerprint density at radius 2 is 1.97 bits per heavy atom. The fourth-order valence-corrected chi connectivity index (χ4v) is 3.78. The highest BCUT2D eigenvalue weighted by molar-refractivity contribution is 5.94. The van der Waals surface area contributed by atoms with Gasteiger partial charge in [-0.2, -0.15) is 0 Å². The van der Waals surface area contributed by atoms with E-state index in [-0.39, 0.29) is 30.2 Å². The molecule has 0 radical (unpaired) electrons. The molecule has 2 amide bonds. The van der Waals surface area contributed by atoms with Gasteiger partial charge in [0.2, 0.25) is 5.91 Å². The number of piperidine rings is 1. The van der Waals surface area contributed by atoms with Gasteiger partial charge in [-0.05, 0) is 52.7 Å². The minimum absolute atomic E-state index is 0.00165. The summed E-state index contributed by atoms with van der Waals surface area (Å²) in [7, 11) is 0. The van der Waals surface area contributed by atoms with Gasteiger partial charge in [0.05, 0.1) is 12.0 Å². The zero-order chi connectivity index (χ0) is 21.0. The third-order valence-corrected chi connectivity index (χ3v) is 5.21. The van der Waals surface area contributed by atoms with Crippen LogP contribution in [0.25, 0.3) is 0 Å². The topological polar surface area (TPSA) is 88.1 Å². The molecule has 7 nitrogen and oxygen atoms in total. The van der Waals surface area contributed by atoms with E-state index in [0.717, 1.165) is 42.2 Å². The van der Waals surface area contributed by atoms with Crippen LogP contribution in [0.1, 0.15) is 65.7 Å². The first-order valence-electron chi connectivity index (χ1n) is 10.2. The highest BCUT2D eigenvalue weighted by Gasteiger charge is 2.28. The summed E-state index contributed by atoms with van der Waals surface area (Å²) in [5.74, 6) is 0.837. The molecule has 0 unspecified atom stereocenters. The number of nitrogens with one attached hydrogen (secondary N) is 1. The van der Waals surface area contributed by atoms with Gasteiger partial charge < -0.3 is 10.2 Å². The zero-order valence-electron chi connectivity index (χ0n) is 17.6.